The molecule has 0 radical (unpaired) electrons. The molecule has 0 saturated heterocycles. The van der Waals surface area contributed by atoms with E-state index in [9.17, 15) is 9.18 Å². The van der Waals surface area contributed by atoms with Crippen molar-refractivity contribution in [1.29, 1.82) is 0 Å². The van der Waals surface area contributed by atoms with Crippen LogP contribution in [-0.4, -0.2) is 18.0 Å². The quantitative estimate of drug-likeness (QED) is 0.516. The molecule has 0 aromatic heterocycles. The first-order chi connectivity index (χ1) is 5.67. The molecule has 0 rings (SSSR count). The lowest BCUT2D eigenvalue weighted by Gasteiger charge is -2.07. The summed E-state index contributed by atoms with van der Waals surface area (Å²) in [5.74, 6) is -1.18. The van der Waals surface area contributed by atoms with E-state index in [2.05, 4.69) is 0 Å². The number of allylic oxidation sites excluding steroid dienone is 3. The van der Waals surface area contributed by atoms with Crippen LogP contribution in [0.1, 0.15) is 13.8 Å². The molecule has 2 nitrogen and oxygen atoms in total. The van der Waals surface area contributed by atoms with Crippen LogP contribution in [0.5, 0.6) is 0 Å². The van der Waals surface area contributed by atoms with Gasteiger partial charge >= 0.3 is 0 Å². The minimum Gasteiger partial charge on any atom is -0.395 e. The molecule has 0 saturated carbocycles. The third-order valence-electron chi connectivity index (χ3n) is 1.50. The molecule has 0 aliphatic carbocycles. The zero-order valence-electron chi connectivity index (χ0n) is 7.25. The van der Waals surface area contributed by atoms with Crippen molar-refractivity contribution in [2.24, 2.45) is 5.92 Å². The Morgan fingerprint density at radius 2 is 2.25 bits per heavy atom. The number of hydrogen-bond donors (Lipinski definition) is 1. The third kappa shape index (κ3) is 2.96. The first-order valence-electron chi connectivity index (χ1n) is 3.72. The summed E-state index contributed by atoms with van der Waals surface area (Å²) in [4.78, 5) is 10.4. The molecule has 0 amide bonds. The predicted octanol–water partition coefficient (Wildman–Crippen LogP) is 1.61. The number of aliphatic hydroxyl groups is 1. The number of halogens is 1. The Labute approximate surface area is 71.4 Å². The summed E-state index contributed by atoms with van der Waals surface area (Å²) >= 11 is 0. The van der Waals surface area contributed by atoms with Gasteiger partial charge in [0.05, 0.1) is 12.5 Å². The molecule has 12 heavy (non-hydrogen) atoms. The van der Waals surface area contributed by atoms with Gasteiger partial charge in [0.15, 0.2) is 0 Å². The molecule has 1 N–H and O–H groups in total. The topological polar surface area (TPSA) is 37.3 Å². The highest BCUT2D eigenvalue weighted by molar-refractivity contribution is 5.61. The van der Waals surface area contributed by atoms with E-state index in [0.717, 1.165) is 0 Å². The molecule has 0 heterocycles. The Hall–Kier alpha value is -0.960. The Morgan fingerprint density at radius 1 is 1.67 bits per heavy atom. The Kier molecular flexibility index (Phi) is 5.21. The minimum absolute atomic E-state index is 0.245. The van der Waals surface area contributed by atoms with Gasteiger partial charge < -0.3 is 9.90 Å². The highest BCUT2D eigenvalue weighted by Crippen LogP contribution is 2.15. The van der Waals surface area contributed by atoms with Crippen LogP contribution in [-0.2, 0) is 4.79 Å². The summed E-state index contributed by atoms with van der Waals surface area (Å²) in [5.41, 5.74) is 0.245. The van der Waals surface area contributed by atoms with Crippen LogP contribution >= 0.6 is 0 Å². The fraction of sp³-hybridized carbons (Fsp3) is 0.444. The summed E-state index contributed by atoms with van der Waals surface area (Å²) in [6, 6.07) is 0. The Bertz CT molecular complexity index is 203. The van der Waals surface area contributed by atoms with Crippen LogP contribution in [0.3, 0.4) is 0 Å². The summed E-state index contributed by atoms with van der Waals surface area (Å²) in [6.45, 7) is 2.63. The van der Waals surface area contributed by atoms with E-state index in [1.807, 2.05) is 0 Å². The molecule has 0 bridgehead atoms. The number of rotatable bonds is 4. The molecular weight excluding hydrogens is 159 g/mol. The maximum atomic E-state index is 12.7. The fourth-order valence-electron chi connectivity index (χ4n) is 0.888. The van der Waals surface area contributed by atoms with E-state index in [4.69, 9.17) is 5.11 Å². The Morgan fingerprint density at radius 3 is 2.50 bits per heavy atom. The summed E-state index contributed by atoms with van der Waals surface area (Å²) in [7, 11) is 0. The molecule has 0 aromatic rings. The second kappa shape index (κ2) is 5.66. The first-order valence-corrected chi connectivity index (χ1v) is 3.72. The lowest BCUT2D eigenvalue weighted by Crippen LogP contribution is -2.10. The van der Waals surface area contributed by atoms with Gasteiger partial charge in [0, 0.05) is 0 Å². The highest BCUT2D eigenvalue weighted by atomic mass is 19.1. The van der Waals surface area contributed by atoms with Gasteiger partial charge in [-0.3, -0.25) is 0 Å². The van der Waals surface area contributed by atoms with Crippen molar-refractivity contribution in [2.75, 3.05) is 6.61 Å². The van der Waals surface area contributed by atoms with Gasteiger partial charge in [-0.2, -0.15) is 0 Å². The molecule has 0 aromatic carbocycles. The molecule has 0 aliphatic rings. The number of aliphatic hydroxyl groups excluding tert-OH is 1. The van der Waals surface area contributed by atoms with E-state index in [1.165, 1.54) is 13.0 Å². The van der Waals surface area contributed by atoms with Gasteiger partial charge in [-0.1, -0.05) is 12.2 Å². The fourth-order valence-corrected chi connectivity index (χ4v) is 0.888. The lowest BCUT2D eigenvalue weighted by molar-refractivity contribution is -0.111. The van der Waals surface area contributed by atoms with Crippen LogP contribution in [0.2, 0.25) is 0 Å². The zero-order valence-corrected chi connectivity index (χ0v) is 7.25. The molecule has 1 atom stereocenters. The monoisotopic (exact) mass is 172 g/mol. The second-order valence-corrected chi connectivity index (χ2v) is 2.41. The van der Waals surface area contributed by atoms with Crippen molar-refractivity contribution in [2.45, 2.75) is 13.8 Å². The Balaban J connectivity index is 4.73. The standard InChI is InChI=1S/C9H13FO2/c1-3-4-9(7(2)10)8(5-11)6-12/h3-5,8,12H,6H2,1-2H3/b4-3-,9-7-. The van der Waals surface area contributed by atoms with Crippen LogP contribution < -0.4 is 0 Å². The van der Waals surface area contributed by atoms with Crippen molar-refractivity contribution < 1.29 is 14.3 Å². The second-order valence-electron chi connectivity index (χ2n) is 2.41. The van der Waals surface area contributed by atoms with Crippen molar-refractivity contribution in [3.63, 3.8) is 0 Å². The van der Waals surface area contributed by atoms with Crippen LogP contribution in [0.4, 0.5) is 4.39 Å². The normalized spacial score (nSPS) is 16.0. The predicted molar refractivity (Wildman–Crippen MR) is 45.3 cm³/mol. The van der Waals surface area contributed by atoms with Crippen molar-refractivity contribution in [3.8, 4) is 0 Å². The van der Waals surface area contributed by atoms with Gasteiger partial charge in [-0.15, -0.1) is 0 Å². The van der Waals surface area contributed by atoms with Gasteiger partial charge in [0.25, 0.3) is 0 Å². The summed E-state index contributed by atoms with van der Waals surface area (Å²) in [5, 5.41) is 8.71. The van der Waals surface area contributed by atoms with Gasteiger partial charge in [0.2, 0.25) is 0 Å². The summed E-state index contributed by atoms with van der Waals surface area (Å²) in [6.07, 6.45) is 3.66. The number of carbonyl (C=O) groups excluding carboxylic acids is 1. The number of hydrogen-bond acceptors (Lipinski definition) is 2. The van der Waals surface area contributed by atoms with Crippen molar-refractivity contribution in [1.82, 2.24) is 0 Å². The van der Waals surface area contributed by atoms with Gasteiger partial charge in [-0.25, -0.2) is 4.39 Å². The van der Waals surface area contributed by atoms with Gasteiger partial charge in [-0.05, 0) is 19.4 Å². The molecule has 0 spiro atoms. The first kappa shape index (κ1) is 11.0. The zero-order chi connectivity index (χ0) is 9.56. The maximum Gasteiger partial charge on any atom is 0.129 e. The van der Waals surface area contributed by atoms with E-state index in [-0.39, 0.29) is 12.2 Å². The maximum absolute atomic E-state index is 12.7. The van der Waals surface area contributed by atoms with E-state index in [0.29, 0.717) is 6.29 Å². The van der Waals surface area contributed by atoms with Crippen LogP contribution in [0.25, 0.3) is 0 Å². The average Bonchev–Trinajstić information content (AvgIpc) is 2.05. The molecular formula is C9H13FO2. The van der Waals surface area contributed by atoms with Crippen molar-refractivity contribution in [3.05, 3.63) is 23.6 Å². The molecule has 3 heteroatoms. The molecule has 0 aliphatic heterocycles. The largest absolute Gasteiger partial charge is 0.395 e. The molecule has 68 valence electrons. The van der Waals surface area contributed by atoms with Crippen LogP contribution in [0, 0.1) is 5.92 Å². The van der Waals surface area contributed by atoms with E-state index in [1.54, 1.807) is 13.0 Å². The number of aldehydes is 1. The SMILES string of the molecule is C/C=C\C(=C(/C)F)C(C=O)CO. The number of carbonyl (C=O) groups is 1. The minimum atomic E-state index is -0.744. The van der Waals surface area contributed by atoms with E-state index >= 15 is 0 Å². The smallest absolute Gasteiger partial charge is 0.129 e. The third-order valence-corrected chi connectivity index (χ3v) is 1.50. The highest BCUT2D eigenvalue weighted by Gasteiger charge is 2.12. The van der Waals surface area contributed by atoms with Crippen molar-refractivity contribution >= 4 is 6.29 Å². The van der Waals surface area contributed by atoms with Gasteiger partial charge in [0.1, 0.15) is 12.1 Å². The van der Waals surface area contributed by atoms with Crippen LogP contribution in [0.15, 0.2) is 23.6 Å². The lowest BCUT2D eigenvalue weighted by atomic mass is 10.0. The van der Waals surface area contributed by atoms with E-state index < -0.39 is 11.7 Å². The molecule has 1 unspecified atom stereocenters. The average molecular weight is 172 g/mol. The summed E-state index contributed by atoms with van der Waals surface area (Å²) < 4.78 is 12.7. The molecule has 0 fully saturated rings.